The summed E-state index contributed by atoms with van der Waals surface area (Å²) in [6, 6.07) is 17.9. The summed E-state index contributed by atoms with van der Waals surface area (Å²) >= 11 is 0. The Balaban J connectivity index is 2.12. The maximum absolute atomic E-state index is 12.4. The Morgan fingerprint density at radius 3 is 2.62 bits per heavy atom. The molecule has 0 saturated carbocycles. The molecule has 2 heterocycles. The number of aliphatic hydroxyl groups is 1. The summed E-state index contributed by atoms with van der Waals surface area (Å²) in [5.41, 5.74) is -0.479. The van der Waals surface area contributed by atoms with Crippen LogP contribution in [0.4, 0.5) is 0 Å². The molecule has 1 aliphatic heterocycles. The third-order valence-electron chi connectivity index (χ3n) is 3.91. The van der Waals surface area contributed by atoms with Crippen LogP contribution in [0.3, 0.4) is 0 Å². The predicted molar refractivity (Wildman–Crippen MR) is 79.4 cm³/mol. The molecule has 0 radical (unpaired) electrons. The first-order valence-electron chi connectivity index (χ1n) is 6.76. The monoisotopic (exact) mass is 279 g/mol. The van der Waals surface area contributed by atoms with E-state index in [-0.39, 0.29) is 12.2 Å². The van der Waals surface area contributed by atoms with Crippen LogP contribution in [0.25, 0.3) is 10.9 Å². The number of hydrogen-bond donors (Lipinski definition) is 1. The van der Waals surface area contributed by atoms with Gasteiger partial charge in [0.05, 0.1) is 5.52 Å². The molecule has 4 nitrogen and oxygen atoms in total. The predicted octanol–water partition coefficient (Wildman–Crippen LogP) is 2.09. The van der Waals surface area contributed by atoms with Crippen molar-refractivity contribution >= 4 is 10.9 Å². The van der Waals surface area contributed by atoms with Crippen molar-refractivity contribution in [2.24, 2.45) is 0 Å². The van der Waals surface area contributed by atoms with Crippen molar-refractivity contribution in [2.45, 2.75) is 5.72 Å². The third-order valence-corrected chi connectivity index (χ3v) is 3.91. The number of aromatic nitrogens is 1. The summed E-state index contributed by atoms with van der Waals surface area (Å²) in [5.74, 6) is 0.616. The Morgan fingerprint density at radius 2 is 1.81 bits per heavy atom. The molecule has 21 heavy (non-hydrogen) atoms. The molecule has 1 N–H and O–H groups in total. The average molecular weight is 279 g/mol. The van der Waals surface area contributed by atoms with Crippen LogP contribution < -0.4 is 10.3 Å². The number of nitrogens with zero attached hydrogens (tertiary/aromatic N) is 1. The van der Waals surface area contributed by atoms with Gasteiger partial charge in [-0.2, -0.15) is 0 Å². The molecule has 3 aromatic rings. The molecule has 0 saturated heterocycles. The summed E-state index contributed by atoms with van der Waals surface area (Å²) in [6.07, 6.45) is 0. The van der Waals surface area contributed by atoms with Gasteiger partial charge in [-0.05, 0) is 12.1 Å². The molecule has 0 amide bonds. The highest BCUT2D eigenvalue weighted by Gasteiger charge is 2.38. The lowest BCUT2D eigenvalue weighted by Gasteiger charge is -2.36. The molecule has 1 atom stereocenters. The molecule has 4 rings (SSSR count). The molecule has 0 spiro atoms. The van der Waals surface area contributed by atoms with Gasteiger partial charge in [0.15, 0.2) is 0 Å². The Morgan fingerprint density at radius 1 is 1.00 bits per heavy atom. The van der Waals surface area contributed by atoms with Crippen molar-refractivity contribution in [1.29, 1.82) is 0 Å². The fraction of sp³-hybridized carbons (Fsp3) is 0.118. The first-order chi connectivity index (χ1) is 10.2. The molecule has 0 fully saturated rings. The van der Waals surface area contributed by atoms with E-state index in [0.29, 0.717) is 16.8 Å². The van der Waals surface area contributed by atoms with Gasteiger partial charge in [0.2, 0.25) is 5.72 Å². The molecule has 1 aromatic heterocycles. The standard InChI is InChI=1S/C17H13NO3/c19-15-10-9-12-5-4-8-14-16(12)18(15)17(20,11-21-14)13-6-2-1-3-7-13/h1-10,20H,11H2. The first-order valence-corrected chi connectivity index (χ1v) is 6.76. The third kappa shape index (κ3) is 1.63. The molecule has 0 aliphatic carbocycles. The summed E-state index contributed by atoms with van der Waals surface area (Å²) in [5, 5.41) is 12.0. The summed E-state index contributed by atoms with van der Waals surface area (Å²) in [4.78, 5) is 12.4. The highest BCUT2D eigenvalue weighted by atomic mass is 16.5. The van der Waals surface area contributed by atoms with Crippen LogP contribution in [0.1, 0.15) is 5.56 Å². The van der Waals surface area contributed by atoms with Crippen LogP contribution in [0.2, 0.25) is 0 Å². The second-order valence-electron chi connectivity index (χ2n) is 5.17. The maximum Gasteiger partial charge on any atom is 0.253 e. The minimum Gasteiger partial charge on any atom is -0.486 e. The lowest BCUT2D eigenvalue weighted by atomic mass is 10.0. The van der Waals surface area contributed by atoms with Gasteiger partial charge in [-0.15, -0.1) is 0 Å². The molecule has 4 heteroatoms. The van der Waals surface area contributed by atoms with Gasteiger partial charge >= 0.3 is 0 Å². The normalized spacial score (nSPS) is 20.2. The van der Waals surface area contributed by atoms with Gasteiger partial charge in [-0.1, -0.05) is 42.5 Å². The number of benzene rings is 2. The second kappa shape index (κ2) is 4.20. The number of hydrogen-bond acceptors (Lipinski definition) is 3. The topological polar surface area (TPSA) is 51.5 Å². The van der Waals surface area contributed by atoms with E-state index >= 15 is 0 Å². The summed E-state index contributed by atoms with van der Waals surface area (Å²) in [7, 11) is 0. The Hall–Kier alpha value is -2.59. The van der Waals surface area contributed by atoms with Crippen LogP contribution in [0, 0.1) is 0 Å². The average Bonchev–Trinajstić information content (AvgIpc) is 2.53. The van der Waals surface area contributed by atoms with Crippen molar-refractivity contribution in [1.82, 2.24) is 4.57 Å². The second-order valence-corrected chi connectivity index (χ2v) is 5.17. The van der Waals surface area contributed by atoms with Gasteiger partial charge in [0, 0.05) is 17.0 Å². The van der Waals surface area contributed by atoms with Crippen molar-refractivity contribution in [2.75, 3.05) is 6.61 Å². The van der Waals surface area contributed by atoms with Crippen LogP contribution in [0.5, 0.6) is 5.75 Å². The molecular weight excluding hydrogens is 266 g/mol. The van der Waals surface area contributed by atoms with Gasteiger partial charge in [-0.25, -0.2) is 0 Å². The molecule has 0 bridgehead atoms. The van der Waals surface area contributed by atoms with Crippen LogP contribution >= 0.6 is 0 Å². The lowest BCUT2D eigenvalue weighted by molar-refractivity contribution is -0.0434. The van der Waals surface area contributed by atoms with Gasteiger partial charge in [0.1, 0.15) is 12.4 Å². The van der Waals surface area contributed by atoms with E-state index in [1.54, 1.807) is 18.2 Å². The minimum atomic E-state index is -1.49. The highest BCUT2D eigenvalue weighted by Crippen LogP contribution is 2.35. The van der Waals surface area contributed by atoms with E-state index in [1.807, 2.05) is 36.4 Å². The van der Waals surface area contributed by atoms with E-state index in [2.05, 4.69) is 0 Å². The molecule has 104 valence electrons. The van der Waals surface area contributed by atoms with E-state index < -0.39 is 5.72 Å². The van der Waals surface area contributed by atoms with Crippen molar-refractivity contribution in [3.05, 3.63) is 76.6 Å². The largest absolute Gasteiger partial charge is 0.486 e. The zero-order chi connectivity index (χ0) is 14.4. The molecular formula is C17H13NO3. The molecule has 2 aromatic carbocycles. The van der Waals surface area contributed by atoms with Crippen molar-refractivity contribution < 1.29 is 9.84 Å². The summed E-state index contributed by atoms with van der Waals surface area (Å²) < 4.78 is 7.14. The van der Waals surface area contributed by atoms with E-state index in [1.165, 1.54) is 10.6 Å². The minimum absolute atomic E-state index is 0.00699. The maximum atomic E-state index is 12.4. The summed E-state index contributed by atoms with van der Waals surface area (Å²) in [6.45, 7) is 0.00699. The Bertz CT molecular complexity index is 885. The van der Waals surface area contributed by atoms with E-state index in [0.717, 1.165) is 5.39 Å². The zero-order valence-corrected chi connectivity index (χ0v) is 11.2. The SMILES string of the molecule is O=c1ccc2cccc3c2n1C(O)(c1ccccc1)CO3. The number of para-hydroxylation sites is 1. The highest BCUT2D eigenvalue weighted by molar-refractivity contribution is 5.85. The van der Waals surface area contributed by atoms with Gasteiger partial charge in [-0.3, -0.25) is 9.36 Å². The van der Waals surface area contributed by atoms with Crippen molar-refractivity contribution in [3.8, 4) is 5.75 Å². The first kappa shape index (κ1) is 12.2. The number of ether oxygens (including phenoxy) is 1. The number of pyridine rings is 1. The molecule has 1 aliphatic rings. The van der Waals surface area contributed by atoms with Crippen LogP contribution in [-0.2, 0) is 5.72 Å². The number of rotatable bonds is 1. The quantitative estimate of drug-likeness (QED) is 0.742. The van der Waals surface area contributed by atoms with E-state index in [4.69, 9.17) is 4.74 Å². The lowest BCUT2D eigenvalue weighted by Crippen LogP contribution is -2.48. The van der Waals surface area contributed by atoms with Crippen LogP contribution in [-0.4, -0.2) is 16.3 Å². The molecule has 1 unspecified atom stereocenters. The fourth-order valence-electron chi connectivity index (χ4n) is 2.90. The van der Waals surface area contributed by atoms with E-state index in [9.17, 15) is 9.90 Å². The zero-order valence-electron chi connectivity index (χ0n) is 11.2. The van der Waals surface area contributed by atoms with Crippen LogP contribution in [0.15, 0.2) is 65.5 Å². The smallest absolute Gasteiger partial charge is 0.253 e. The van der Waals surface area contributed by atoms with Gasteiger partial charge < -0.3 is 9.84 Å². The Labute approximate surface area is 120 Å². The Kier molecular flexibility index (Phi) is 2.43. The fourth-order valence-corrected chi connectivity index (χ4v) is 2.90. The van der Waals surface area contributed by atoms with Gasteiger partial charge in [0.25, 0.3) is 5.56 Å². The van der Waals surface area contributed by atoms with Crippen molar-refractivity contribution in [3.63, 3.8) is 0 Å².